The van der Waals surface area contributed by atoms with Gasteiger partial charge in [0.2, 0.25) is 10.0 Å². The normalized spacial score (nSPS) is 15.4. The molecule has 0 heterocycles. The highest BCUT2D eigenvalue weighted by Crippen LogP contribution is 2.17. The summed E-state index contributed by atoms with van der Waals surface area (Å²) in [5, 5.41) is 8.71. The Morgan fingerprint density at radius 1 is 1.14 bits per heavy atom. The molecule has 0 aliphatic carbocycles. The summed E-state index contributed by atoms with van der Waals surface area (Å²) in [4.78, 5) is 2.31. The lowest BCUT2D eigenvalue weighted by Gasteiger charge is -2.29. The summed E-state index contributed by atoms with van der Waals surface area (Å²) in [6, 6.07) is 7.24. The molecule has 0 aliphatic rings. The molecule has 0 fully saturated rings. The molecule has 21 heavy (non-hydrogen) atoms. The van der Waals surface area contributed by atoms with E-state index in [1.165, 1.54) is 0 Å². The standard InChI is InChI=1S/C15H27N3O2S/c1-11(2)15(10-18(4)5)17-12(3)13-6-8-14(9-7-13)21(16,19)20/h6-9,11-12,15,17H,10H2,1-5H3,(H2,16,19,20). The fraction of sp³-hybridized carbons (Fsp3) is 0.600. The average molecular weight is 313 g/mol. The zero-order chi connectivity index (χ0) is 16.2. The highest BCUT2D eigenvalue weighted by molar-refractivity contribution is 7.89. The Morgan fingerprint density at radius 2 is 1.67 bits per heavy atom. The predicted octanol–water partition coefficient (Wildman–Crippen LogP) is 1.57. The van der Waals surface area contributed by atoms with Crippen molar-refractivity contribution in [3.63, 3.8) is 0 Å². The monoisotopic (exact) mass is 313 g/mol. The second kappa shape index (κ2) is 7.35. The number of benzene rings is 1. The third kappa shape index (κ3) is 5.74. The molecule has 0 saturated heterocycles. The number of sulfonamides is 1. The van der Waals surface area contributed by atoms with Crippen LogP contribution in [0.4, 0.5) is 0 Å². The van der Waals surface area contributed by atoms with Crippen LogP contribution >= 0.6 is 0 Å². The van der Waals surface area contributed by atoms with Gasteiger partial charge in [0.25, 0.3) is 0 Å². The van der Waals surface area contributed by atoms with E-state index in [1.807, 2.05) is 12.1 Å². The lowest BCUT2D eigenvalue weighted by molar-refractivity contribution is 0.273. The van der Waals surface area contributed by atoms with E-state index in [-0.39, 0.29) is 10.9 Å². The van der Waals surface area contributed by atoms with Crippen LogP contribution in [0.5, 0.6) is 0 Å². The first-order valence-electron chi connectivity index (χ1n) is 7.14. The summed E-state index contributed by atoms with van der Waals surface area (Å²) >= 11 is 0. The van der Waals surface area contributed by atoms with Crippen LogP contribution in [-0.4, -0.2) is 40.0 Å². The van der Waals surface area contributed by atoms with Gasteiger partial charge in [0.15, 0.2) is 0 Å². The Labute approximate surface area is 128 Å². The molecule has 0 amide bonds. The maximum atomic E-state index is 11.3. The second-order valence-electron chi connectivity index (χ2n) is 6.12. The van der Waals surface area contributed by atoms with Crippen LogP contribution in [0, 0.1) is 5.92 Å². The van der Waals surface area contributed by atoms with E-state index < -0.39 is 10.0 Å². The molecule has 1 rings (SSSR count). The number of hydrogen-bond acceptors (Lipinski definition) is 4. The molecule has 6 heteroatoms. The minimum Gasteiger partial charge on any atom is -0.308 e. The van der Waals surface area contributed by atoms with E-state index >= 15 is 0 Å². The quantitative estimate of drug-likeness (QED) is 0.801. The summed E-state index contributed by atoms with van der Waals surface area (Å²) < 4.78 is 22.5. The van der Waals surface area contributed by atoms with Gasteiger partial charge in [-0.1, -0.05) is 26.0 Å². The SMILES string of the molecule is CC(NC(CN(C)C)C(C)C)c1ccc(S(N)(=O)=O)cc1. The first kappa shape index (κ1) is 18.1. The fourth-order valence-corrected chi connectivity index (χ4v) is 2.73. The lowest BCUT2D eigenvalue weighted by Crippen LogP contribution is -2.43. The van der Waals surface area contributed by atoms with Crippen molar-refractivity contribution in [2.24, 2.45) is 11.1 Å². The maximum Gasteiger partial charge on any atom is 0.238 e. The largest absolute Gasteiger partial charge is 0.308 e. The Bertz CT molecular complexity index is 539. The lowest BCUT2D eigenvalue weighted by atomic mass is 10.0. The number of nitrogens with two attached hydrogens (primary N) is 1. The van der Waals surface area contributed by atoms with Gasteiger partial charge in [0.1, 0.15) is 0 Å². The van der Waals surface area contributed by atoms with Gasteiger partial charge in [0.05, 0.1) is 4.90 Å². The van der Waals surface area contributed by atoms with Crippen molar-refractivity contribution in [1.82, 2.24) is 10.2 Å². The Morgan fingerprint density at radius 3 is 2.05 bits per heavy atom. The van der Waals surface area contributed by atoms with Crippen molar-refractivity contribution in [3.8, 4) is 0 Å². The first-order chi connectivity index (χ1) is 9.61. The molecule has 2 atom stereocenters. The molecule has 5 nitrogen and oxygen atoms in total. The molecule has 0 spiro atoms. The number of primary sulfonamides is 1. The van der Waals surface area contributed by atoms with Crippen LogP contribution in [0.15, 0.2) is 29.2 Å². The maximum absolute atomic E-state index is 11.3. The summed E-state index contributed by atoms with van der Waals surface area (Å²) in [6.45, 7) is 7.42. The van der Waals surface area contributed by atoms with E-state index in [0.717, 1.165) is 12.1 Å². The summed E-state index contributed by atoms with van der Waals surface area (Å²) in [5.41, 5.74) is 1.05. The van der Waals surface area contributed by atoms with Crippen LogP contribution in [0.25, 0.3) is 0 Å². The summed E-state index contributed by atoms with van der Waals surface area (Å²) in [6.07, 6.45) is 0. The van der Waals surface area contributed by atoms with Gasteiger partial charge < -0.3 is 10.2 Å². The topological polar surface area (TPSA) is 75.4 Å². The number of likely N-dealkylation sites (N-methyl/N-ethyl adjacent to an activating group) is 1. The van der Waals surface area contributed by atoms with E-state index in [0.29, 0.717) is 12.0 Å². The van der Waals surface area contributed by atoms with Crippen molar-refractivity contribution in [3.05, 3.63) is 29.8 Å². The minimum absolute atomic E-state index is 0.145. The van der Waals surface area contributed by atoms with E-state index in [4.69, 9.17) is 5.14 Å². The summed E-state index contributed by atoms with van der Waals surface area (Å²) in [7, 11) is 0.492. The fourth-order valence-electron chi connectivity index (χ4n) is 2.21. The zero-order valence-electron chi connectivity index (χ0n) is 13.5. The molecular weight excluding hydrogens is 286 g/mol. The van der Waals surface area contributed by atoms with Gasteiger partial charge in [-0.15, -0.1) is 0 Å². The molecule has 0 bridgehead atoms. The van der Waals surface area contributed by atoms with Crippen LogP contribution < -0.4 is 10.5 Å². The highest BCUT2D eigenvalue weighted by Gasteiger charge is 2.18. The molecule has 0 aliphatic heterocycles. The van der Waals surface area contributed by atoms with E-state index in [1.54, 1.807) is 12.1 Å². The van der Waals surface area contributed by atoms with E-state index in [9.17, 15) is 8.42 Å². The molecule has 2 unspecified atom stereocenters. The van der Waals surface area contributed by atoms with Gasteiger partial charge in [0, 0.05) is 18.6 Å². The van der Waals surface area contributed by atoms with Crippen LogP contribution in [0.1, 0.15) is 32.4 Å². The van der Waals surface area contributed by atoms with Crippen molar-refractivity contribution >= 4 is 10.0 Å². The van der Waals surface area contributed by atoms with Gasteiger partial charge >= 0.3 is 0 Å². The number of hydrogen-bond donors (Lipinski definition) is 2. The molecule has 3 N–H and O–H groups in total. The third-order valence-corrected chi connectivity index (χ3v) is 4.47. The van der Waals surface area contributed by atoms with Gasteiger partial charge in [-0.25, -0.2) is 13.6 Å². The Balaban J connectivity index is 2.80. The van der Waals surface area contributed by atoms with Crippen molar-refractivity contribution in [2.45, 2.75) is 37.8 Å². The number of rotatable bonds is 7. The van der Waals surface area contributed by atoms with Gasteiger partial charge in [-0.05, 0) is 44.6 Å². The molecule has 1 aromatic carbocycles. The number of nitrogens with one attached hydrogen (secondary N) is 1. The van der Waals surface area contributed by atoms with Crippen molar-refractivity contribution < 1.29 is 8.42 Å². The van der Waals surface area contributed by atoms with Gasteiger partial charge in [-0.3, -0.25) is 0 Å². The smallest absolute Gasteiger partial charge is 0.238 e. The highest BCUT2D eigenvalue weighted by atomic mass is 32.2. The molecule has 120 valence electrons. The van der Waals surface area contributed by atoms with Crippen LogP contribution in [0.2, 0.25) is 0 Å². The molecule has 1 aromatic rings. The second-order valence-corrected chi connectivity index (χ2v) is 7.68. The van der Waals surface area contributed by atoms with Crippen LogP contribution in [-0.2, 0) is 10.0 Å². The van der Waals surface area contributed by atoms with Crippen LogP contribution in [0.3, 0.4) is 0 Å². The molecule has 0 aromatic heterocycles. The van der Waals surface area contributed by atoms with Gasteiger partial charge in [-0.2, -0.15) is 0 Å². The molecular formula is C15H27N3O2S. The Kier molecular flexibility index (Phi) is 6.34. The first-order valence-corrected chi connectivity index (χ1v) is 8.69. The average Bonchev–Trinajstić information content (AvgIpc) is 2.36. The van der Waals surface area contributed by atoms with E-state index in [2.05, 4.69) is 45.1 Å². The molecule has 0 saturated carbocycles. The summed E-state index contributed by atoms with van der Waals surface area (Å²) in [5.74, 6) is 0.513. The predicted molar refractivity (Wildman–Crippen MR) is 86.5 cm³/mol. The van der Waals surface area contributed by atoms with Crippen molar-refractivity contribution in [2.75, 3.05) is 20.6 Å². The molecule has 0 radical (unpaired) electrons. The minimum atomic E-state index is -3.62. The number of nitrogens with zero attached hydrogens (tertiary/aromatic N) is 1. The van der Waals surface area contributed by atoms with Crippen molar-refractivity contribution in [1.29, 1.82) is 0 Å². The Hall–Kier alpha value is -0.950. The third-order valence-electron chi connectivity index (χ3n) is 3.54. The zero-order valence-corrected chi connectivity index (χ0v) is 14.3.